The Hall–Kier alpha value is -0.790. The Bertz CT molecular complexity index is 480. The Kier molecular flexibility index (Phi) is 2.62. The number of halogens is 2. The molecule has 0 aliphatic rings. The second kappa shape index (κ2) is 3.76. The van der Waals surface area contributed by atoms with Crippen molar-refractivity contribution in [3.05, 3.63) is 40.0 Å². The van der Waals surface area contributed by atoms with E-state index in [1.807, 2.05) is 31.2 Å². The topological polar surface area (TPSA) is 12.9 Å². The molecule has 0 N–H and O–H groups in total. The zero-order valence-corrected chi connectivity index (χ0v) is 9.23. The molecule has 0 aliphatic carbocycles. The van der Waals surface area contributed by atoms with Gasteiger partial charge in [-0.2, -0.15) is 0 Å². The first-order valence-electron chi connectivity index (χ1n) is 4.46. The first-order chi connectivity index (χ1) is 6.74. The summed E-state index contributed by atoms with van der Waals surface area (Å²) in [4.78, 5) is 4.29. The quantitative estimate of drug-likeness (QED) is 0.667. The fourth-order valence-corrected chi connectivity index (χ4v) is 2.23. The molecule has 72 valence electrons. The number of hydrogen-bond donors (Lipinski definition) is 0. The standard InChI is InChI=1S/C11H9Cl2N/c1-2-7-10(12)8-5-3-4-6-9(8)14-11(7)13/h3-6H,2H2,1H3. The van der Waals surface area contributed by atoms with Crippen molar-refractivity contribution in [2.75, 3.05) is 0 Å². The minimum absolute atomic E-state index is 0.510. The van der Waals surface area contributed by atoms with Crippen LogP contribution in [0.2, 0.25) is 10.2 Å². The van der Waals surface area contributed by atoms with E-state index in [-0.39, 0.29) is 0 Å². The van der Waals surface area contributed by atoms with Crippen LogP contribution in [-0.4, -0.2) is 4.98 Å². The van der Waals surface area contributed by atoms with E-state index in [0.717, 1.165) is 27.9 Å². The van der Waals surface area contributed by atoms with Crippen LogP contribution in [0.3, 0.4) is 0 Å². The number of nitrogens with zero attached hydrogens (tertiary/aromatic N) is 1. The third kappa shape index (κ3) is 1.47. The normalized spacial score (nSPS) is 10.8. The molecule has 3 heteroatoms. The summed E-state index contributed by atoms with van der Waals surface area (Å²) in [5.74, 6) is 0. The van der Waals surface area contributed by atoms with E-state index in [1.165, 1.54) is 0 Å². The van der Waals surface area contributed by atoms with Crippen LogP contribution < -0.4 is 0 Å². The fraction of sp³-hybridized carbons (Fsp3) is 0.182. The summed E-state index contributed by atoms with van der Waals surface area (Å²) in [6.07, 6.45) is 0.801. The molecule has 1 aromatic heterocycles. The number of aromatic nitrogens is 1. The highest BCUT2D eigenvalue weighted by molar-refractivity contribution is 6.39. The molecular formula is C11H9Cl2N. The Morgan fingerprint density at radius 3 is 2.64 bits per heavy atom. The molecule has 0 bridgehead atoms. The van der Waals surface area contributed by atoms with Crippen molar-refractivity contribution < 1.29 is 0 Å². The molecule has 14 heavy (non-hydrogen) atoms. The minimum Gasteiger partial charge on any atom is -0.236 e. The van der Waals surface area contributed by atoms with Crippen molar-refractivity contribution in [3.8, 4) is 0 Å². The third-order valence-corrected chi connectivity index (χ3v) is 2.97. The lowest BCUT2D eigenvalue weighted by Crippen LogP contribution is -1.90. The molecule has 0 amide bonds. The number of fused-ring (bicyclic) bond motifs is 1. The van der Waals surface area contributed by atoms with Crippen LogP contribution in [0.1, 0.15) is 12.5 Å². The van der Waals surface area contributed by atoms with E-state index < -0.39 is 0 Å². The molecule has 1 heterocycles. The first kappa shape index (κ1) is 9.75. The molecule has 2 rings (SSSR count). The Labute approximate surface area is 92.7 Å². The van der Waals surface area contributed by atoms with Gasteiger partial charge < -0.3 is 0 Å². The van der Waals surface area contributed by atoms with Crippen LogP contribution in [0.5, 0.6) is 0 Å². The van der Waals surface area contributed by atoms with Crippen molar-refractivity contribution >= 4 is 34.1 Å². The van der Waals surface area contributed by atoms with Crippen molar-refractivity contribution in [1.82, 2.24) is 4.98 Å². The van der Waals surface area contributed by atoms with Crippen LogP contribution >= 0.6 is 23.2 Å². The average molecular weight is 226 g/mol. The maximum atomic E-state index is 6.22. The first-order valence-corrected chi connectivity index (χ1v) is 5.22. The Morgan fingerprint density at radius 2 is 1.93 bits per heavy atom. The highest BCUT2D eigenvalue weighted by Crippen LogP contribution is 2.30. The van der Waals surface area contributed by atoms with E-state index >= 15 is 0 Å². The van der Waals surface area contributed by atoms with Crippen LogP contribution in [0, 0.1) is 0 Å². The molecule has 0 saturated heterocycles. The lowest BCUT2D eigenvalue weighted by molar-refractivity contribution is 1.12. The maximum Gasteiger partial charge on any atom is 0.134 e. The van der Waals surface area contributed by atoms with Gasteiger partial charge in [-0.1, -0.05) is 48.3 Å². The second-order valence-electron chi connectivity index (χ2n) is 3.07. The van der Waals surface area contributed by atoms with Crippen LogP contribution in [0.4, 0.5) is 0 Å². The van der Waals surface area contributed by atoms with Gasteiger partial charge in [-0.15, -0.1) is 0 Å². The molecule has 0 aliphatic heterocycles. The van der Waals surface area contributed by atoms with Crippen molar-refractivity contribution in [2.24, 2.45) is 0 Å². The number of benzene rings is 1. The molecule has 0 fully saturated rings. The Balaban J connectivity index is 2.86. The number of para-hydroxylation sites is 1. The van der Waals surface area contributed by atoms with Crippen LogP contribution in [0.15, 0.2) is 24.3 Å². The Morgan fingerprint density at radius 1 is 1.21 bits per heavy atom. The molecule has 0 spiro atoms. The van der Waals surface area contributed by atoms with Gasteiger partial charge in [0.1, 0.15) is 5.15 Å². The van der Waals surface area contributed by atoms with E-state index in [1.54, 1.807) is 0 Å². The largest absolute Gasteiger partial charge is 0.236 e. The molecule has 1 aromatic carbocycles. The van der Waals surface area contributed by atoms with Gasteiger partial charge in [-0.3, -0.25) is 0 Å². The molecule has 2 aromatic rings. The summed E-state index contributed by atoms with van der Waals surface area (Å²) in [7, 11) is 0. The van der Waals surface area contributed by atoms with E-state index in [0.29, 0.717) is 5.15 Å². The van der Waals surface area contributed by atoms with Gasteiger partial charge in [-0.05, 0) is 12.5 Å². The number of hydrogen-bond acceptors (Lipinski definition) is 1. The maximum absolute atomic E-state index is 6.22. The average Bonchev–Trinajstić information content (AvgIpc) is 2.18. The fourth-order valence-electron chi connectivity index (χ4n) is 1.48. The van der Waals surface area contributed by atoms with Gasteiger partial charge in [0.05, 0.1) is 10.5 Å². The molecular weight excluding hydrogens is 217 g/mol. The number of rotatable bonds is 1. The molecule has 0 radical (unpaired) electrons. The van der Waals surface area contributed by atoms with E-state index in [4.69, 9.17) is 23.2 Å². The SMILES string of the molecule is CCc1c(Cl)nc2ccccc2c1Cl. The second-order valence-corrected chi connectivity index (χ2v) is 3.80. The van der Waals surface area contributed by atoms with Gasteiger partial charge in [0.15, 0.2) is 0 Å². The van der Waals surface area contributed by atoms with Crippen molar-refractivity contribution in [2.45, 2.75) is 13.3 Å². The summed E-state index contributed by atoms with van der Waals surface area (Å²) < 4.78 is 0. The highest BCUT2D eigenvalue weighted by atomic mass is 35.5. The summed E-state index contributed by atoms with van der Waals surface area (Å²) in [5, 5.41) is 2.20. The van der Waals surface area contributed by atoms with Gasteiger partial charge in [0, 0.05) is 10.9 Å². The summed E-state index contributed by atoms with van der Waals surface area (Å²) in [5.41, 5.74) is 1.77. The monoisotopic (exact) mass is 225 g/mol. The van der Waals surface area contributed by atoms with E-state index in [9.17, 15) is 0 Å². The predicted octanol–water partition coefficient (Wildman–Crippen LogP) is 4.10. The summed E-state index contributed by atoms with van der Waals surface area (Å²) >= 11 is 12.2. The summed E-state index contributed by atoms with van der Waals surface area (Å²) in [6, 6.07) is 7.74. The lowest BCUT2D eigenvalue weighted by atomic mass is 10.1. The molecule has 0 saturated carbocycles. The third-order valence-electron chi connectivity index (χ3n) is 2.23. The van der Waals surface area contributed by atoms with Crippen molar-refractivity contribution in [1.29, 1.82) is 0 Å². The highest BCUT2D eigenvalue weighted by Gasteiger charge is 2.09. The number of pyridine rings is 1. The minimum atomic E-state index is 0.510. The predicted molar refractivity (Wildman–Crippen MR) is 61.1 cm³/mol. The smallest absolute Gasteiger partial charge is 0.134 e. The van der Waals surface area contributed by atoms with Gasteiger partial charge in [0.2, 0.25) is 0 Å². The zero-order valence-electron chi connectivity index (χ0n) is 7.72. The summed E-state index contributed by atoms with van der Waals surface area (Å²) in [6.45, 7) is 2.02. The van der Waals surface area contributed by atoms with Crippen LogP contribution in [-0.2, 0) is 6.42 Å². The van der Waals surface area contributed by atoms with Crippen LogP contribution in [0.25, 0.3) is 10.9 Å². The van der Waals surface area contributed by atoms with E-state index in [2.05, 4.69) is 4.98 Å². The van der Waals surface area contributed by atoms with Gasteiger partial charge in [-0.25, -0.2) is 4.98 Å². The molecule has 1 nitrogen and oxygen atoms in total. The van der Waals surface area contributed by atoms with Crippen molar-refractivity contribution in [3.63, 3.8) is 0 Å². The molecule has 0 atom stereocenters. The van der Waals surface area contributed by atoms with Gasteiger partial charge in [0.25, 0.3) is 0 Å². The lowest BCUT2D eigenvalue weighted by Gasteiger charge is -2.06. The molecule has 0 unspecified atom stereocenters. The van der Waals surface area contributed by atoms with Gasteiger partial charge >= 0.3 is 0 Å². The zero-order chi connectivity index (χ0) is 10.1.